The quantitative estimate of drug-likeness (QED) is 0.617. The fourth-order valence-electron chi connectivity index (χ4n) is 1.78. The van der Waals surface area contributed by atoms with Crippen LogP contribution in [0.25, 0.3) is 10.8 Å². The topological polar surface area (TPSA) is 22.1 Å². The van der Waals surface area contributed by atoms with E-state index in [1.54, 1.807) is 0 Å². The third-order valence-corrected chi connectivity index (χ3v) is 2.67. The molecule has 3 rings (SSSR count). The van der Waals surface area contributed by atoms with Crippen LogP contribution in [0.1, 0.15) is 5.69 Å². The number of benzene rings is 1. The van der Waals surface area contributed by atoms with Gasteiger partial charge in [-0.3, -0.25) is 4.98 Å². The Morgan fingerprint density at radius 3 is 3.14 bits per heavy atom. The Labute approximate surface area is 86.5 Å². The smallest absolute Gasteiger partial charge is 0.178 e. The van der Waals surface area contributed by atoms with E-state index in [0.717, 1.165) is 22.2 Å². The van der Waals surface area contributed by atoms with Gasteiger partial charge in [0.1, 0.15) is 0 Å². The minimum Gasteiger partial charge on any atom is -0.472 e. The highest BCUT2D eigenvalue weighted by Gasteiger charge is 2.23. The van der Waals surface area contributed by atoms with Gasteiger partial charge in [-0.1, -0.05) is 35.9 Å². The van der Waals surface area contributed by atoms with Crippen LogP contribution in [0.5, 0.6) is 5.75 Å². The van der Waals surface area contributed by atoms with Crippen LogP contribution in [0.15, 0.2) is 30.5 Å². The van der Waals surface area contributed by atoms with Gasteiger partial charge >= 0.3 is 0 Å². The van der Waals surface area contributed by atoms with Crippen molar-refractivity contribution in [2.75, 3.05) is 0 Å². The maximum Gasteiger partial charge on any atom is 0.178 e. The molecule has 3 heteroatoms. The molecule has 0 aliphatic carbocycles. The van der Waals surface area contributed by atoms with Crippen molar-refractivity contribution >= 4 is 22.4 Å². The van der Waals surface area contributed by atoms with E-state index in [2.05, 4.69) is 4.98 Å². The number of alkyl halides is 1. The molecule has 2 aromatic rings. The fraction of sp³-hybridized carbons (Fsp3) is 0.182. The molecule has 0 bridgehead atoms. The number of fused-ring (bicyclic) bond motifs is 3. The Hall–Kier alpha value is -1.28. The highest BCUT2D eigenvalue weighted by atomic mass is 35.5. The number of ether oxygens (including phenoxy) is 1. The number of aromatic nitrogens is 1. The number of nitrogens with zero attached hydrogens (tertiary/aromatic N) is 1. The van der Waals surface area contributed by atoms with Crippen molar-refractivity contribution in [1.82, 2.24) is 4.98 Å². The molecule has 0 saturated carbocycles. The Morgan fingerprint density at radius 2 is 2.21 bits per heavy atom. The lowest BCUT2D eigenvalue weighted by molar-refractivity contribution is 0.319. The number of halogens is 1. The van der Waals surface area contributed by atoms with Gasteiger partial charge in [0.25, 0.3) is 0 Å². The lowest BCUT2D eigenvalue weighted by Gasteiger charge is -2.04. The Morgan fingerprint density at radius 1 is 1.36 bits per heavy atom. The van der Waals surface area contributed by atoms with E-state index in [1.165, 1.54) is 0 Å². The molecule has 1 aromatic carbocycles. The van der Waals surface area contributed by atoms with Gasteiger partial charge in [0.2, 0.25) is 0 Å². The molecule has 1 aliphatic heterocycles. The summed E-state index contributed by atoms with van der Waals surface area (Å²) in [7, 11) is 0. The monoisotopic (exact) mass is 205 g/mol. The van der Waals surface area contributed by atoms with Gasteiger partial charge in [-0.2, -0.15) is 0 Å². The Bertz CT molecular complexity index is 498. The molecule has 70 valence electrons. The molecule has 0 amide bonds. The molecule has 2 nitrogen and oxygen atoms in total. The van der Waals surface area contributed by atoms with E-state index < -0.39 is 0 Å². The second-order valence-corrected chi connectivity index (χ2v) is 3.84. The van der Waals surface area contributed by atoms with E-state index in [4.69, 9.17) is 16.3 Å². The first-order valence-electron chi connectivity index (χ1n) is 4.52. The van der Waals surface area contributed by atoms with E-state index >= 15 is 0 Å². The van der Waals surface area contributed by atoms with E-state index in [-0.39, 0.29) is 5.56 Å². The molecule has 1 aliphatic rings. The van der Waals surface area contributed by atoms with Crippen LogP contribution in [0.2, 0.25) is 0 Å². The fourth-order valence-corrected chi connectivity index (χ4v) is 2.01. The molecule has 0 spiro atoms. The summed E-state index contributed by atoms with van der Waals surface area (Å²) >= 11 is 5.92. The van der Waals surface area contributed by atoms with E-state index in [0.29, 0.717) is 6.42 Å². The predicted octanol–water partition coefficient (Wildman–Crippen LogP) is 2.73. The molecular weight excluding hydrogens is 198 g/mol. The number of hydrogen-bond donors (Lipinski definition) is 0. The minimum absolute atomic E-state index is 0.261. The highest BCUT2D eigenvalue weighted by molar-refractivity contribution is 6.20. The van der Waals surface area contributed by atoms with Gasteiger partial charge in [-0.25, -0.2) is 0 Å². The lowest BCUT2D eigenvalue weighted by atomic mass is 10.1. The van der Waals surface area contributed by atoms with E-state index in [1.807, 2.05) is 30.5 Å². The lowest BCUT2D eigenvalue weighted by Crippen LogP contribution is -2.01. The first-order valence-corrected chi connectivity index (χ1v) is 4.95. The van der Waals surface area contributed by atoms with Crippen LogP contribution < -0.4 is 4.74 Å². The first kappa shape index (κ1) is 8.06. The summed E-state index contributed by atoms with van der Waals surface area (Å²) in [4.78, 5) is 4.33. The average molecular weight is 206 g/mol. The normalized spacial score (nSPS) is 19.4. The molecule has 1 unspecified atom stereocenters. The summed E-state index contributed by atoms with van der Waals surface area (Å²) in [5, 5.41) is 2.19. The van der Waals surface area contributed by atoms with Gasteiger partial charge in [0.15, 0.2) is 11.3 Å². The highest BCUT2D eigenvalue weighted by Crippen LogP contribution is 2.35. The first-order chi connectivity index (χ1) is 6.84. The maximum atomic E-state index is 5.92. The van der Waals surface area contributed by atoms with Gasteiger partial charge in [0.05, 0.1) is 5.69 Å². The third kappa shape index (κ3) is 1.07. The molecule has 2 heterocycles. The second kappa shape index (κ2) is 2.85. The molecule has 0 N–H and O–H groups in total. The molecule has 0 radical (unpaired) electrons. The zero-order valence-electron chi connectivity index (χ0n) is 7.40. The molecule has 1 atom stereocenters. The van der Waals surface area contributed by atoms with Crippen LogP contribution in [-0.2, 0) is 6.42 Å². The van der Waals surface area contributed by atoms with Crippen LogP contribution >= 0.6 is 11.6 Å². The third-order valence-electron chi connectivity index (χ3n) is 2.43. The maximum absolute atomic E-state index is 5.92. The summed E-state index contributed by atoms with van der Waals surface area (Å²) in [6.07, 6.45) is 2.56. The zero-order chi connectivity index (χ0) is 9.54. The number of pyridine rings is 1. The van der Waals surface area contributed by atoms with Crippen molar-refractivity contribution in [3.05, 3.63) is 36.2 Å². The van der Waals surface area contributed by atoms with Gasteiger partial charge in [-0.05, 0) is 0 Å². The van der Waals surface area contributed by atoms with Crippen LogP contribution in [0.3, 0.4) is 0 Å². The van der Waals surface area contributed by atoms with Crippen molar-refractivity contribution in [2.45, 2.75) is 12.0 Å². The van der Waals surface area contributed by atoms with Crippen LogP contribution in [-0.4, -0.2) is 10.5 Å². The summed E-state index contributed by atoms with van der Waals surface area (Å²) < 4.78 is 5.52. The van der Waals surface area contributed by atoms with Crippen LogP contribution in [0.4, 0.5) is 0 Å². The number of hydrogen-bond acceptors (Lipinski definition) is 2. The largest absolute Gasteiger partial charge is 0.472 e. The predicted molar refractivity (Wildman–Crippen MR) is 55.7 cm³/mol. The molecular formula is C11H8ClNO. The van der Waals surface area contributed by atoms with Crippen molar-refractivity contribution in [3.63, 3.8) is 0 Å². The van der Waals surface area contributed by atoms with Crippen molar-refractivity contribution in [3.8, 4) is 5.75 Å². The molecule has 0 fully saturated rings. The minimum atomic E-state index is -0.261. The zero-order valence-corrected chi connectivity index (χ0v) is 8.16. The van der Waals surface area contributed by atoms with Crippen molar-refractivity contribution < 1.29 is 4.74 Å². The average Bonchev–Trinajstić information content (AvgIpc) is 2.59. The van der Waals surface area contributed by atoms with Gasteiger partial charge < -0.3 is 4.74 Å². The van der Waals surface area contributed by atoms with Gasteiger partial charge in [0, 0.05) is 23.4 Å². The summed E-state index contributed by atoms with van der Waals surface area (Å²) in [5.74, 6) is 0.850. The summed E-state index contributed by atoms with van der Waals surface area (Å²) in [6, 6.07) is 8.04. The SMILES string of the molecule is ClC1Cc2ncc3ccccc3c2O1. The van der Waals surface area contributed by atoms with Gasteiger partial charge in [-0.15, -0.1) is 0 Å². The Balaban J connectivity index is 2.33. The molecule has 14 heavy (non-hydrogen) atoms. The molecule has 0 saturated heterocycles. The second-order valence-electron chi connectivity index (χ2n) is 3.35. The summed E-state index contributed by atoms with van der Waals surface area (Å²) in [6.45, 7) is 0. The Kier molecular flexibility index (Phi) is 1.64. The summed E-state index contributed by atoms with van der Waals surface area (Å²) in [5.41, 5.74) is 0.701. The molecule has 1 aromatic heterocycles. The van der Waals surface area contributed by atoms with Crippen LogP contribution in [0, 0.1) is 0 Å². The van der Waals surface area contributed by atoms with E-state index in [9.17, 15) is 0 Å². The van der Waals surface area contributed by atoms with Crippen molar-refractivity contribution in [1.29, 1.82) is 0 Å². The number of rotatable bonds is 0. The standard InChI is InChI=1S/C11H8ClNO/c12-10-5-9-11(14-10)8-4-2-1-3-7(8)6-13-9/h1-4,6,10H,5H2. The van der Waals surface area contributed by atoms with Crippen molar-refractivity contribution in [2.24, 2.45) is 0 Å².